The van der Waals surface area contributed by atoms with Gasteiger partial charge in [-0.1, -0.05) is 45.9 Å². The Labute approximate surface area is 185 Å². The molecule has 5 rings (SSSR count). The standard InChI is InChI=1S/C24H36BFN2O3/c1-14(2)10-21(28-22(29)18(27)11-15-8-6-7-9-17(15)26)25-30-20-13-16-12-19(23(16,3)4)24(20,5)31-25/h6-9,14,16,18-21H,10-13,27H2,1-5H3,(H,28,29)/t16-,18-,19-,20+,21-,24-/m0/s1. The Balaban J connectivity index is 1.44. The zero-order valence-corrected chi connectivity index (χ0v) is 19.4. The van der Waals surface area contributed by atoms with Crippen molar-refractivity contribution in [2.45, 2.75) is 84.0 Å². The quantitative estimate of drug-likeness (QED) is 0.650. The zero-order chi connectivity index (χ0) is 22.6. The highest BCUT2D eigenvalue weighted by Gasteiger charge is 2.68. The molecule has 1 aromatic rings. The van der Waals surface area contributed by atoms with Crippen LogP contribution in [0.2, 0.25) is 0 Å². The molecule has 1 saturated heterocycles. The maximum Gasteiger partial charge on any atom is 0.481 e. The molecule has 0 spiro atoms. The molecule has 0 aromatic heterocycles. The number of carbonyl (C=O) groups excluding carboxylic acids is 1. The molecule has 1 heterocycles. The van der Waals surface area contributed by atoms with Crippen molar-refractivity contribution in [1.82, 2.24) is 5.32 Å². The van der Waals surface area contributed by atoms with Crippen molar-refractivity contribution in [2.24, 2.45) is 28.9 Å². The van der Waals surface area contributed by atoms with E-state index in [1.54, 1.807) is 18.2 Å². The lowest BCUT2D eigenvalue weighted by Gasteiger charge is -2.64. The van der Waals surface area contributed by atoms with Crippen LogP contribution in [0.4, 0.5) is 4.39 Å². The smallest absolute Gasteiger partial charge is 0.404 e. The van der Waals surface area contributed by atoms with Crippen LogP contribution in [0.5, 0.6) is 0 Å². The number of nitrogens with one attached hydrogen (secondary N) is 1. The topological polar surface area (TPSA) is 73.6 Å². The molecule has 1 aliphatic heterocycles. The predicted molar refractivity (Wildman–Crippen MR) is 120 cm³/mol. The van der Waals surface area contributed by atoms with Crippen LogP contribution in [0.3, 0.4) is 0 Å². The van der Waals surface area contributed by atoms with Gasteiger partial charge in [0.05, 0.1) is 23.7 Å². The monoisotopic (exact) mass is 430 g/mol. The summed E-state index contributed by atoms with van der Waals surface area (Å²) in [6, 6.07) is 5.59. The Kier molecular flexibility index (Phi) is 5.99. The number of carbonyl (C=O) groups is 1. The normalized spacial score (nSPS) is 32.9. The summed E-state index contributed by atoms with van der Waals surface area (Å²) in [5.41, 5.74) is 6.53. The Morgan fingerprint density at radius 3 is 2.65 bits per heavy atom. The van der Waals surface area contributed by atoms with Gasteiger partial charge in [0.2, 0.25) is 5.91 Å². The fourth-order valence-corrected chi connectivity index (χ4v) is 6.10. The van der Waals surface area contributed by atoms with Gasteiger partial charge in [-0.25, -0.2) is 4.39 Å². The van der Waals surface area contributed by atoms with E-state index >= 15 is 0 Å². The van der Waals surface area contributed by atoms with Crippen molar-refractivity contribution in [3.8, 4) is 0 Å². The highest BCUT2D eigenvalue weighted by molar-refractivity contribution is 6.47. The van der Waals surface area contributed by atoms with Gasteiger partial charge < -0.3 is 20.4 Å². The Morgan fingerprint density at radius 2 is 2.00 bits per heavy atom. The van der Waals surface area contributed by atoms with E-state index in [9.17, 15) is 9.18 Å². The van der Waals surface area contributed by atoms with Crippen molar-refractivity contribution in [1.29, 1.82) is 0 Å². The van der Waals surface area contributed by atoms with E-state index in [-0.39, 0.29) is 41.2 Å². The highest BCUT2D eigenvalue weighted by atomic mass is 19.1. The molecule has 6 atom stereocenters. The van der Waals surface area contributed by atoms with E-state index in [2.05, 4.69) is 39.9 Å². The van der Waals surface area contributed by atoms with Crippen molar-refractivity contribution in [3.05, 3.63) is 35.6 Å². The first-order valence-electron chi connectivity index (χ1n) is 11.6. The molecule has 31 heavy (non-hydrogen) atoms. The number of hydrogen-bond acceptors (Lipinski definition) is 4. The largest absolute Gasteiger partial charge is 0.481 e. The molecule has 1 amide bonds. The Bertz CT molecular complexity index is 835. The van der Waals surface area contributed by atoms with Crippen LogP contribution in [0.15, 0.2) is 24.3 Å². The summed E-state index contributed by atoms with van der Waals surface area (Å²) in [7, 11) is -0.489. The molecule has 0 radical (unpaired) electrons. The van der Waals surface area contributed by atoms with Crippen LogP contribution in [-0.4, -0.2) is 36.7 Å². The molecule has 5 nitrogen and oxygen atoms in total. The predicted octanol–water partition coefficient (Wildman–Crippen LogP) is 3.49. The lowest BCUT2D eigenvalue weighted by Crippen LogP contribution is -2.65. The van der Waals surface area contributed by atoms with Gasteiger partial charge in [0.15, 0.2) is 0 Å². The number of rotatable bonds is 7. The fraction of sp³-hybridized carbons (Fsp3) is 0.708. The molecule has 2 bridgehead atoms. The van der Waals surface area contributed by atoms with Gasteiger partial charge in [-0.15, -0.1) is 0 Å². The van der Waals surface area contributed by atoms with Gasteiger partial charge in [0.25, 0.3) is 0 Å². The minimum atomic E-state index is -0.836. The lowest BCUT2D eigenvalue weighted by molar-refractivity contribution is -0.199. The van der Waals surface area contributed by atoms with Crippen LogP contribution in [0.1, 0.15) is 59.4 Å². The van der Waals surface area contributed by atoms with Crippen molar-refractivity contribution >= 4 is 13.0 Å². The number of amides is 1. The second kappa shape index (κ2) is 8.16. The van der Waals surface area contributed by atoms with E-state index in [1.165, 1.54) is 12.5 Å². The van der Waals surface area contributed by atoms with Gasteiger partial charge in [-0.05, 0) is 67.4 Å². The van der Waals surface area contributed by atoms with Gasteiger partial charge in [0, 0.05) is 0 Å². The summed E-state index contributed by atoms with van der Waals surface area (Å²) in [5.74, 6) is 0.553. The van der Waals surface area contributed by atoms with E-state index < -0.39 is 13.2 Å². The molecule has 0 unspecified atom stereocenters. The number of hydrogen-bond donors (Lipinski definition) is 2. The molecule has 4 fully saturated rings. The van der Waals surface area contributed by atoms with E-state index in [0.29, 0.717) is 23.3 Å². The fourth-order valence-electron chi connectivity index (χ4n) is 6.10. The van der Waals surface area contributed by atoms with Gasteiger partial charge in [0.1, 0.15) is 5.82 Å². The van der Waals surface area contributed by atoms with Crippen molar-refractivity contribution < 1.29 is 18.5 Å². The molecular formula is C24H36BFN2O3. The molecule has 3 N–H and O–H groups in total. The molecular weight excluding hydrogens is 394 g/mol. The third-order valence-electron chi connectivity index (χ3n) is 8.08. The van der Waals surface area contributed by atoms with Gasteiger partial charge in [-0.3, -0.25) is 4.79 Å². The summed E-state index contributed by atoms with van der Waals surface area (Å²) in [6.45, 7) is 11.1. The minimum absolute atomic E-state index is 0.0629. The average Bonchev–Trinajstić information content (AvgIpc) is 3.05. The maximum absolute atomic E-state index is 14.0. The molecule has 3 saturated carbocycles. The first kappa shape index (κ1) is 22.7. The molecule has 4 aliphatic rings. The lowest BCUT2D eigenvalue weighted by atomic mass is 9.43. The molecule has 3 aliphatic carbocycles. The summed E-state index contributed by atoms with van der Waals surface area (Å²) in [4.78, 5) is 12.9. The Hall–Kier alpha value is -1.44. The van der Waals surface area contributed by atoms with Crippen LogP contribution in [0.25, 0.3) is 0 Å². The third kappa shape index (κ3) is 4.05. The summed E-state index contributed by atoms with van der Waals surface area (Å²) < 4.78 is 27.0. The second-order valence-corrected chi connectivity index (χ2v) is 11.0. The second-order valence-electron chi connectivity index (χ2n) is 11.0. The first-order chi connectivity index (χ1) is 14.5. The summed E-state index contributed by atoms with van der Waals surface area (Å²) in [6.07, 6.45) is 3.13. The maximum atomic E-state index is 14.0. The number of nitrogens with two attached hydrogens (primary N) is 1. The number of benzene rings is 1. The average molecular weight is 430 g/mol. The zero-order valence-electron chi connectivity index (χ0n) is 19.4. The van der Waals surface area contributed by atoms with E-state index in [1.807, 2.05) is 0 Å². The minimum Gasteiger partial charge on any atom is -0.404 e. The summed E-state index contributed by atoms with van der Waals surface area (Å²) >= 11 is 0. The van der Waals surface area contributed by atoms with Crippen molar-refractivity contribution in [3.63, 3.8) is 0 Å². The van der Waals surface area contributed by atoms with E-state index in [4.69, 9.17) is 15.0 Å². The van der Waals surface area contributed by atoms with E-state index in [0.717, 1.165) is 12.8 Å². The Morgan fingerprint density at radius 1 is 1.29 bits per heavy atom. The van der Waals surface area contributed by atoms with Crippen LogP contribution in [0, 0.1) is 29.0 Å². The van der Waals surface area contributed by atoms with Crippen LogP contribution < -0.4 is 11.1 Å². The molecule has 7 heteroatoms. The summed E-state index contributed by atoms with van der Waals surface area (Å²) in [5, 5.41) is 3.07. The van der Waals surface area contributed by atoms with Gasteiger partial charge >= 0.3 is 7.12 Å². The molecule has 1 aromatic carbocycles. The third-order valence-corrected chi connectivity index (χ3v) is 8.08. The highest BCUT2D eigenvalue weighted by Crippen LogP contribution is 2.65. The van der Waals surface area contributed by atoms with Crippen LogP contribution in [-0.2, 0) is 20.5 Å². The first-order valence-corrected chi connectivity index (χ1v) is 11.6. The number of halogens is 1. The van der Waals surface area contributed by atoms with Crippen LogP contribution >= 0.6 is 0 Å². The van der Waals surface area contributed by atoms with Gasteiger partial charge in [-0.2, -0.15) is 0 Å². The SMILES string of the molecule is CC(C)C[C@H](NC(=O)[C@@H](N)Cc1ccccc1F)B1O[C@@H]2C[C@@H]3C[C@@H](C3(C)C)[C@]2(C)O1. The van der Waals surface area contributed by atoms with Crippen molar-refractivity contribution in [2.75, 3.05) is 0 Å². The molecule has 170 valence electrons.